The molecule has 0 saturated carbocycles. The molecule has 1 aromatic rings. The largest absolute Gasteiger partial charge is 0 e. The fourth-order valence-corrected chi connectivity index (χ4v) is 2.36. The molecular formula is C22H16Co2O8. The standard InChI is InChI=1S/C16H16O2.6CO.2Co/c1-12-11-14(17)9-5-6-10-15(12)16(18)13-7-3-2-4-8-13;6*1-2;;/h2-4,7-8,12,15H,6,10-11H2,1H3;;;;;;;;/t12-,15+;;;;;;;;/m1......../s1. The minimum absolute atomic E-state index is 0. The van der Waals surface area contributed by atoms with E-state index in [1.54, 1.807) is 0 Å². The van der Waals surface area contributed by atoms with Gasteiger partial charge in [-0.15, -0.1) is 0 Å². The van der Waals surface area contributed by atoms with E-state index in [2.05, 4.69) is 52.1 Å². The topological polar surface area (TPSA) is 154 Å². The fraction of sp³-hybridized carbons (Fsp3) is 0.273. The van der Waals surface area contributed by atoms with Crippen LogP contribution in [0.1, 0.15) is 36.5 Å². The molecular weight excluding hydrogens is 510 g/mol. The van der Waals surface area contributed by atoms with Crippen molar-refractivity contribution in [1.82, 2.24) is 0 Å². The number of allylic oxidation sites excluding steroid dienone is 2. The molecule has 170 valence electrons. The van der Waals surface area contributed by atoms with Gasteiger partial charge < -0.3 is 0 Å². The number of benzene rings is 1. The molecule has 0 aliphatic heterocycles. The van der Waals surface area contributed by atoms with E-state index in [0.717, 1.165) is 12.0 Å². The number of hydrogen-bond donors (Lipinski definition) is 0. The summed E-state index contributed by atoms with van der Waals surface area (Å²) in [4.78, 5) is 23.9. The van der Waals surface area contributed by atoms with Gasteiger partial charge in [-0.25, -0.2) is 0 Å². The van der Waals surface area contributed by atoms with Crippen LogP contribution in [0.3, 0.4) is 0 Å². The minimum Gasteiger partial charge on any atom is 0 e. The molecule has 0 heterocycles. The monoisotopic (exact) mass is 526 g/mol. The SMILES string of the molecule is C[C@@H]1CC(=O)[C]=[C]CC[C@@H]1C(=O)c1ccccc1.[C-]#[O+].[C-]#[O+].[C-]#[O+].[C-]#[O+].[C-]#[O+].[C-]#[O+].[Co].[Co]. The van der Waals surface area contributed by atoms with Crippen LogP contribution in [0.4, 0.5) is 0 Å². The second-order valence-electron chi connectivity index (χ2n) is 4.78. The maximum absolute atomic E-state index is 12.4. The van der Waals surface area contributed by atoms with Gasteiger partial charge in [-0.1, -0.05) is 37.3 Å². The summed E-state index contributed by atoms with van der Waals surface area (Å²) in [6, 6.07) is 9.30. The molecule has 8 nitrogen and oxygen atoms in total. The van der Waals surface area contributed by atoms with Crippen LogP contribution in [-0.2, 0) is 66.3 Å². The summed E-state index contributed by atoms with van der Waals surface area (Å²) in [6.07, 6.45) is 7.21. The number of hydrogen-bond acceptors (Lipinski definition) is 2. The molecule has 0 bridgehead atoms. The molecule has 1 aromatic carbocycles. The Hall–Kier alpha value is -2.25. The van der Waals surface area contributed by atoms with Crippen LogP contribution < -0.4 is 0 Å². The summed E-state index contributed by atoms with van der Waals surface area (Å²) in [5, 5.41) is 0. The predicted octanol–water partition coefficient (Wildman–Crippen LogP) is 2.81. The van der Waals surface area contributed by atoms with Crippen molar-refractivity contribution in [2.45, 2.75) is 26.2 Å². The molecule has 2 atom stereocenters. The molecule has 32 heavy (non-hydrogen) atoms. The number of rotatable bonds is 2. The van der Waals surface area contributed by atoms with Gasteiger partial charge in [-0.2, -0.15) is 0 Å². The van der Waals surface area contributed by atoms with Crippen LogP contribution in [-0.4, -0.2) is 11.6 Å². The van der Waals surface area contributed by atoms with Crippen molar-refractivity contribution in [3.63, 3.8) is 0 Å². The van der Waals surface area contributed by atoms with E-state index >= 15 is 0 Å². The van der Waals surface area contributed by atoms with Crippen LogP contribution in [0.25, 0.3) is 0 Å². The smallest absolute Gasteiger partial charge is 0 e. The van der Waals surface area contributed by atoms with Gasteiger partial charge in [0.15, 0.2) is 11.6 Å². The summed E-state index contributed by atoms with van der Waals surface area (Å²) in [7, 11) is 0. The van der Waals surface area contributed by atoms with Gasteiger partial charge in [0.25, 0.3) is 0 Å². The van der Waals surface area contributed by atoms with Gasteiger partial charge in [-0.05, 0) is 24.8 Å². The van der Waals surface area contributed by atoms with Crippen LogP contribution >= 0.6 is 0 Å². The maximum atomic E-state index is 12.4. The number of ketones is 2. The van der Waals surface area contributed by atoms with Gasteiger partial charge in [0.2, 0.25) is 0 Å². The first-order valence-corrected chi connectivity index (χ1v) is 7.52. The number of carbonyl (C=O) groups excluding carboxylic acids is 2. The Labute approximate surface area is 208 Å². The van der Waals surface area contributed by atoms with Crippen LogP contribution in [0, 0.1) is 63.9 Å². The average Bonchev–Trinajstić information content (AvgIpc) is 2.85. The van der Waals surface area contributed by atoms with E-state index in [1.807, 2.05) is 37.3 Å². The van der Waals surface area contributed by atoms with Gasteiger partial charge in [0, 0.05) is 57.5 Å². The summed E-state index contributed by atoms with van der Waals surface area (Å²) in [5.74, 6) is 0.0680. The molecule has 1 aliphatic rings. The van der Waals surface area contributed by atoms with E-state index in [9.17, 15) is 9.59 Å². The van der Waals surface area contributed by atoms with Crippen molar-refractivity contribution in [1.29, 1.82) is 0 Å². The number of carbonyl (C=O) groups is 2. The van der Waals surface area contributed by atoms with Gasteiger partial charge in [0.05, 0.1) is 0 Å². The van der Waals surface area contributed by atoms with Gasteiger partial charge >= 0.3 is 67.8 Å². The molecule has 0 fully saturated rings. The zero-order valence-electron chi connectivity index (χ0n) is 16.6. The Morgan fingerprint density at radius 3 is 1.66 bits per heavy atom. The average molecular weight is 526 g/mol. The van der Waals surface area contributed by atoms with E-state index in [1.165, 1.54) is 0 Å². The summed E-state index contributed by atoms with van der Waals surface area (Å²) in [6.45, 7) is 29.0. The molecule has 0 aromatic heterocycles. The summed E-state index contributed by atoms with van der Waals surface area (Å²) in [5.41, 5.74) is 0.732. The first-order chi connectivity index (χ1) is 14.7. The van der Waals surface area contributed by atoms with Gasteiger partial charge in [0.1, 0.15) is 0 Å². The first kappa shape index (κ1) is 47.5. The third-order valence-corrected chi connectivity index (χ3v) is 3.40. The van der Waals surface area contributed by atoms with E-state index < -0.39 is 0 Å². The predicted molar refractivity (Wildman–Crippen MR) is 92.3 cm³/mol. The second kappa shape index (κ2) is 42.8. The quantitative estimate of drug-likeness (QED) is 0.331. The van der Waals surface area contributed by atoms with E-state index in [-0.39, 0.29) is 57.0 Å². The van der Waals surface area contributed by atoms with Crippen molar-refractivity contribution >= 4 is 11.6 Å². The molecule has 10 heteroatoms. The molecule has 2 rings (SSSR count). The molecule has 0 unspecified atom stereocenters. The summed E-state index contributed by atoms with van der Waals surface area (Å²) < 4.78 is 45.0. The Morgan fingerprint density at radius 1 is 0.844 bits per heavy atom. The molecule has 0 spiro atoms. The Morgan fingerprint density at radius 2 is 1.25 bits per heavy atom. The third-order valence-electron chi connectivity index (χ3n) is 3.40. The zero-order chi connectivity index (χ0) is 25.0. The summed E-state index contributed by atoms with van der Waals surface area (Å²) >= 11 is 0. The van der Waals surface area contributed by atoms with Crippen LogP contribution in [0.5, 0.6) is 0 Å². The van der Waals surface area contributed by atoms with E-state index in [4.69, 9.17) is 27.9 Å². The second-order valence-corrected chi connectivity index (χ2v) is 4.78. The Kier molecular flexibility index (Phi) is 63.5. The third kappa shape index (κ3) is 24.0. The zero-order valence-corrected chi connectivity index (χ0v) is 18.7. The molecule has 4 radical (unpaired) electrons. The normalized spacial score (nSPS) is 14.1. The van der Waals surface area contributed by atoms with Crippen molar-refractivity contribution < 1.29 is 71.1 Å². The van der Waals surface area contributed by atoms with Crippen LogP contribution in [0.15, 0.2) is 30.3 Å². The van der Waals surface area contributed by atoms with Gasteiger partial charge in [-0.3, -0.25) is 9.59 Å². The molecule has 1 aliphatic carbocycles. The molecule has 0 amide bonds. The molecule has 0 saturated heterocycles. The Balaban J connectivity index is -0.0000000779. The van der Waals surface area contributed by atoms with Crippen molar-refractivity contribution in [3.8, 4) is 0 Å². The number of Topliss-reactive ketones (excluding diaryl/α,β-unsaturated/α-hetero) is 2. The van der Waals surface area contributed by atoms with Crippen LogP contribution in [0.2, 0.25) is 0 Å². The van der Waals surface area contributed by atoms with Crippen molar-refractivity contribution in [3.05, 3.63) is 87.9 Å². The Bertz CT molecular complexity index is 670. The minimum atomic E-state index is -0.0917. The molecule has 0 N–H and O–H groups in total. The van der Waals surface area contributed by atoms with E-state index in [0.29, 0.717) is 12.8 Å². The fourth-order valence-electron chi connectivity index (χ4n) is 2.36. The maximum Gasteiger partial charge on any atom is 0 e. The van der Waals surface area contributed by atoms with Crippen molar-refractivity contribution in [2.75, 3.05) is 0 Å². The van der Waals surface area contributed by atoms with Crippen molar-refractivity contribution in [2.24, 2.45) is 11.8 Å². The first-order valence-electron chi connectivity index (χ1n) is 7.52.